The molecule has 0 saturated carbocycles. The number of aromatic nitrogens is 1. The molecule has 12 N–H and O–H groups in total. The van der Waals surface area contributed by atoms with Gasteiger partial charge in [0.1, 0.15) is 24.2 Å². The predicted molar refractivity (Wildman–Crippen MR) is 221 cm³/mol. The normalized spacial score (nSPS) is 14.7. The van der Waals surface area contributed by atoms with Gasteiger partial charge in [0.2, 0.25) is 29.5 Å². The van der Waals surface area contributed by atoms with Crippen molar-refractivity contribution < 1.29 is 24.0 Å². The fraction of sp³-hybridized carbons (Fsp3) is 0.317. The van der Waals surface area contributed by atoms with Crippen LogP contribution in [0.25, 0.3) is 21.0 Å². The van der Waals surface area contributed by atoms with Gasteiger partial charge in [0.05, 0.1) is 5.92 Å². The van der Waals surface area contributed by atoms with E-state index in [-0.39, 0.29) is 50.0 Å². The summed E-state index contributed by atoms with van der Waals surface area (Å²) in [6.45, 7) is 1.23. The Bertz CT molecular complexity index is 2230. The molecule has 0 radical (unpaired) electrons. The molecule has 5 amide bonds. The number of aliphatic imine (C=N–C) groups is 1. The van der Waals surface area contributed by atoms with E-state index < -0.39 is 47.8 Å². The minimum absolute atomic E-state index is 0.0601. The molecular weight excluding hydrogens is 745 g/mol. The Labute approximate surface area is 333 Å². The van der Waals surface area contributed by atoms with Crippen LogP contribution in [-0.2, 0) is 43.2 Å². The minimum atomic E-state index is -1.18. The number of primary amides is 1. The number of H-pyrrole nitrogens is 1. The van der Waals surface area contributed by atoms with Gasteiger partial charge in [0.25, 0.3) is 0 Å². The van der Waals surface area contributed by atoms with Crippen molar-refractivity contribution in [1.82, 2.24) is 31.6 Å². The molecule has 3 aromatic carbocycles. The van der Waals surface area contributed by atoms with Crippen LogP contribution in [0.3, 0.4) is 0 Å². The first-order valence-corrected chi connectivity index (χ1v) is 19.7. The summed E-state index contributed by atoms with van der Waals surface area (Å²) >= 11 is 1.55. The number of rotatable bonds is 19. The van der Waals surface area contributed by atoms with Crippen molar-refractivity contribution in [1.29, 1.82) is 0 Å². The van der Waals surface area contributed by atoms with E-state index in [1.165, 1.54) is 0 Å². The first-order chi connectivity index (χ1) is 27.5. The lowest BCUT2D eigenvalue weighted by Crippen LogP contribution is -2.60. The summed E-state index contributed by atoms with van der Waals surface area (Å²) in [5, 5.41) is 18.4. The molecule has 6 rings (SSSR count). The Balaban J connectivity index is 1.27. The van der Waals surface area contributed by atoms with Gasteiger partial charge in [-0.1, -0.05) is 66.7 Å². The summed E-state index contributed by atoms with van der Waals surface area (Å²) in [7, 11) is 0. The van der Waals surface area contributed by atoms with Crippen molar-refractivity contribution >= 4 is 67.8 Å². The van der Waals surface area contributed by atoms with Gasteiger partial charge in [-0.15, -0.1) is 11.3 Å². The van der Waals surface area contributed by atoms with E-state index in [4.69, 9.17) is 17.2 Å². The van der Waals surface area contributed by atoms with Gasteiger partial charge in [-0.3, -0.25) is 29.0 Å². The molecule has 16 heteroatoms. The first-order valence-electron chi connectivity index (χ1n) is 18.9. The lowest BCUT2D eigenvalue weighted by molar-refractivity contribution is -0.135. The lowest BCUT2D eigenvalue weighted by atomic mass is 9.98. The molecule has 1 aliphatic rings. The number of hydrogen-bond donors (Lipinski definition) is 9. The van der Waals surface area contributed by atoms with E-state index in [9.17, 15) is 24.0 Å². The molecule has 0 unspecified atom stereocenters. The van der Waals surface area contributed by atoms with Gasteiger partial charge in [0, 0.05) is 60.7 Å². The number of carbonyl (C=O) groups excluding carboxylic acids is 5. The van der Waals surface area contributed by atoms with E-state index in [1.54, 1.807) is 17.5 Å². The van der Waals surface area contributed by atoms with Crippen LogP contribution in [0.2, 0.25) is 0 Å². The summed E-state index contributed by atoms with van der Waals surface area (Å²) in [6.07, 6.45) is 2.63. The van der Waals surface area contributed by atoms with Gasteiger partial charge >= 0.3 is 0 Å². The van der Waals surface area contributed by atoms with Crippen LogP contribution < -0.4 is 43.8 Å². The van der Waals surface area contributed by atoms with Crippen molar-refractivity contribution in [3.05, 3.63) is 107 Å². The molecule has 3 heterocycles. The summed E-state index contributed by atoms with van der Waals surface area (Å²) in [5.74, 6) is -3.22. The number of thiophene rings is 1. The Kier molecular flexibility index (Phi) is 13.5. The SMILES string of the molecule is NC(=O)[C@@H](CCCN=C(N)N)NC(=O)[C@H](Cc1ccccc1)NC(=O)[C@@H](Cc1c[nH]c2ccccc12)NC(=O)[C@@H](Cc1csc2ccccc12)NC(=O)C1CNC1. The standard InChI is InChI=1S/C41H48N10O5S/c42-36(52)31(14-8-16-46-41(43)44)48-38(54)32(17-24-9-2-1-3-10-24)50-39(55)33(18-25-22-47-30-13-6-4-11-28(25)30)51-40(56)34(49-37(53)27-20-45-21-27)19-26-23-57-35-15-7-5-12-29(26)35/h1-7,9-13,15,22-23,27,31-34,45,47H,8,14,16-21H2,(H2,42,52)(H,48,54)(H,49,53)(H,50,55)(H,51,56)(H4,43,44,46)/t31-,32+,33-,34-/m1/s1. The zero-order valence-electron chi connectivity index (χ0n) is 31.3. The molecule has 0 bridgehead atoms. The van der Waals surface area contributed by atoms with Gasteiger partial charge in [-0.25, -0.2) is 0 Å². The van der Waals surface area contributed by atoms with Gasteiger partial charge in [-0.2, -0.15) is 0 Å². The second-order valence-corrected chi connectivity index (χ2v) is 15.1. The Morgan fingerprint density at radius 2 is 1.30 bits per heavy atom. The maximum absolute atomic E-state index is 14.5. The topological polar surface area (TPSA) is 252 Å². The zero-order chi connectivity index (χ0) is 40.3. The Morgan fingerprint density at radius 1 is 0.702 bits per heavy atom. The van der Waals surface area contributed by atoms with E-state index >= 15 is 0 Å². The Morgan fingerprint density at radius 3 is 1.96 bits per heavy atom. The van der Waals surface area contributed by atoms with Crippen molar-refractivity contribution in [3.8, 4) is 0 Å². The molecule has 298 valence electrons. The summed E-state index contributed by atoms with van der Waals surface area (Å²) < 4.78 is 1.05. The van der Waals surface area contributed by atoms with Crippen LogP contribution in [0.15, 0.2) is 95.4 Å². The molecular formula is C41H48N10O5S. The van der Waals surface area contributed by atoms with Gasteiger partial charge in [0.15, 0.2) is 5.96 Å². The monoisotopic (exact) mass is 792 g/mol. The number of carbonyl (C=O) groups is 5. The fourth-order valence-electron chi connectivity index (χ4n) is 6.78. The Hall–Kier alpha value is -6.26. The molecule has 5 aromatic rings. The van der Waals surface area contributed by atoms with Gasteiger partial charge in [-0.05, 0) is 52.4 Å². The molecule has 4 atom stereocenters. The van der Waals surface area contributed by atoms with Crippen LogP contribution in [0, 0.1) is 5.92 Å². The van der Waals surface area contributed by atoms with Gasteiger partial charge < -0.3 is 48.8 Å². The third-order valence-electron chi connectivity index (χ3n) is 10.0. The number of hydrogen-bond acceptors (Lipinski definition) is 8. The highest BCUT2D eigenvalue weighted by Crippen LogP contribution is 2.27. The molecule has 2 aromatic heterocycles. The summed E-state index contributed by atoms with van der Waals surface area (Å²) in [6, 6.07) is 20.1. The molecule has 1 saturated heterocycles. The first kappa shape index (κ1) is 40.4. The van der Waals surface area contributed by atoms with Crippen LogP contribution in [0.1, 0.15) is 29.5 Å². The number of aromatic amines is 1. The predicted octanol–water partition coefficient (Wildman–Crippen LogP) is 1.11. The van der Waals surface area contributed by atoms with E-state index in [0.717, 1.165) is 37.7 Å². The van der Waals surface area contributed by atoms with Crippen LogP contribution in [0.5, 0.6) is 0 Å². The number of guanidine groups is 1. The quantitative estimate of drug-likeness (QED) is 0.0332. The molecule has 57 heavy (non-hydrogen) atoms. The molecule has 1 aliphatic heterocycles. The van der Waals surface area contributed by atoms with Crippen LogP contribution in [0.4, 0.5) is 0 Å². The smallest absolute Gasteiger partial charge is 0.243 e. The summed E-state index contributed by atoms with van der Waals surface area (Å²) in [4.78, 5) is 75.7. The zero-order valence-corrected chi connectivity index (χ0v) is 32.1. The molecule has 1 fully saturated rings. The van der Waals surface area contributed by atoms with Crippen molar-refractivity contribution in [2.75, 3.05) is 19.6 Å². The van der Waals surface area contributed by atoms with E-state index in [1.807, 2.05) is 84.2 Å². The second kappa shape index (κ2) is 19.1. The second-order valence-electron chi connectivity index (χ2n) is 14.2. The third-order valence-corrected chi connectivity index (χ3v) is 11.0. The van der Waals surface area contributed by atoms with Crippen molar-refractivity contribution in [2.24, 2.45) is 28.1 Å². The average molecular weight is 793 g/mol. The number of nitrogens with two attached hydrogens (primary N) is 3. The highest BCUT2D eigenvalue weighted by atomic mass is 32.1. The molecule has 0 spiro atoms. The van der Waals surface area contributed by atoms with Crippen molar-refractivity contribution in [3.63, 3.8) is 0 Å². The lowest BCUT2D eigenvalue weighted by Gasteiger charge is -2.29. The van der Waals surface area contributed by atoms with Crippen LogP contribution >= 0.6 is 11.3 Å². The number of para-hydroxylation sites is 1. The highest BCUT2D eigenvalue weighted by Gasteiger charge is 2.34. The number of nitrogens with one attached hydrogen (secondary N) is 6. The number of nitrogens with zero attached hydrogens (tertiary/aromatic N) is 1. The van der Waals surface area contributed by atoms with E-state index in [0.29, 0.717) is 19.5 Å². The number of fused-ring (bicyclic) bond motifs is 2. The van der Waals surface area contributed by atoms with E-state index in [2.05, 4.69) is 36.6 Å². The average Bonchev–Trinajstić information content (AvgIpc) is 3.78. The molecule has 15 nitrogen and oxygen atoms in total. The third kappa shape index (κ3) is 10.7. The maximum atomic E-state index is 14.5. The van der Waals surface area contributed by atoms with Crippen LogP contribution in [-0.4, -0.2) is 84.3 Å². The summed E-state index contributed by atoms with van der Waals surface area (Å²) in [5.41, 5.74) is 19.7. The van der Waals surface area contributed by atoms with Crippen molar-refractivity contribution in [2.45, 2.75) is 56.3 Å². The minimum Gasteiger partial charge on any atom is -0.370 e. The number of benzene rings is 3. The largest absolute Gasteiger partial charge is 0.370 e. The maximum Gasteiger partial charge on any atom is 0.243 e. The number of amides is 5. The highest BCUT2D eigenvalue weighted by molar-refractivity contribution is 7.17. The molecule has 0 aliphatic carbocycles. The fourth-order valence-corrected chi connectivity index (χ4v) is 7.75.